The van der Waals surface area contributed by atoms with Crippen LogP contribution in [0.4, 0.5) is 4.39 Å². The van der Waals surface area contributed by atoms with Crippen molar-refractivity contribution < 1.29 is 13.2 Å². The van der Waals surface area contributed by atoms with Gasteiger partial charge in [-0.15, -0.1) is 5.10 Å². The summed E-state index contributed by atoms with van der Waals surface area (Å²) >= 11 is 5.27. The predicted octanol–water partition coefficient (Wildman–Crippen LogP) is 4.23. The van der Waals surface area contributed by atoms with Gasteiger partial charge in [0.25, 0.3) is 10.7 Å². The van der Waals surface area contributed by atoms with Gasteiger partial charge in [-0.05, 0) is 54.9 Å². The van der Waals surface area contributed by atoms with Crippen LogP contribution in [0.15, 0.2) is 51.5 Å². The van der Waals surface area contributed by atoms with Crippen molar-refractivity contribution in [2.45, 2.75) is 32.1 Å². The zero-order valence-corrected chi connectivity index (χ0v) is 13.7. The molecule has 0 radical (unpaired) electrons. The van der Waals surface area contributed by atoms with E-state index >= 15 is 0 Å². The molecule has 0 amide bonds. The van der Waals surface area contributed by atoms with Crippen LogP contribution in [-0.2, 0) is 13.2 Å². The quantitative estimate of drug-likeness (QED) is 0.626. The Morgan fingerprint density at radius 3 is 2.71 bits per heavy atom. The van der Waals surface area contributed by atoms with Gasteiger partial charge < -0.3 is 8.83 Å². The first kappa shape index (κ1) is 15.3. The second-order valence-corrected chi connectivity index (χ2v) is 6.25. The van der Waals surface area contributed by atoms with Gasteiger partial charge in [-0.1, -0.05) is 12.1 Å². The molecule has 0 aliphatic heterocycles. The minimum absolute atomic E-state index is 0.224. The lowest BCUT2D eigenvalue weighted by molar-refractivity contribution is 0.184. The molecule has 4 rings (SSSR count). The maximum absolute atomic E-state index is 13.1. The molecule has 2 aromatic heterocycles. The molecule has 1 aliphatic rings. The molecule has 1 saturated carbocycles. The lowest BCUT2D eigenvalue weighted by atomic mass is 10.2. The topological polar surface area (TPSA) is 47.3 Å². The number of aromatic nitrogens is 2. The Labute approximate surface area is 143 Å². The lowest BCUT2D eigenvalue weighted by Gasteiger charge is -2.21. The number of furan rings is 1. The molecule has 124 valence electrons. The van der Waals surface area contributed by atoms with Gasteiger partial charge >= 0.3 is 0 Å². The molecular weight excluding hydrogens is 329 g/mol. The van der Waals surface area contributed by atoms with Crippen molar-refractivity contribution in [1.29, 1.82) is 0 Å². The Balaban J connectivity index is 1.53. The first-order chi connectivity index (χ1) is 11.7. The SMILES string of the molecule is Fc1ccc(CN(Cn2nc(-c3ccco3)oc2=S)C2CC2)cc1. The van der Waals surface area contributed by atoms with E-state index in [1.54, 1.807) is 35.2 Å². The molecule has 5 nitrogen and oxygen atoms in total. The Bertz CT molecular complexity index is 866. The van der Waals surface area contributed by atoms with Gasteiger partial charge in [0.05, 0.1) is 12.9 Å². The van der Waals surface area contributed by atoms with Crippen LogP contribution in [0.3, 0.4) is 0 Å². The standard InChI is InChI=1S/C17H16FN3O2S/c18-13-5-3-12(4-6-13)10-20(14-7-8-14)11-21-17(24)23-16(19-21)15-2-1-9-22-15/h1-6,9,14H,7-8,10-11H2. The number of hydrogen-bond acceptors (Lipinski definition) is 5. The maximum Gasteiger partial charge on any atom is 0.288 e. The van der Waals surface area contributed by atoms with Crippen molar-refractivity contribution >= 4 is 12.2 Å². The first-order valence-corrected chi connectivity index (χ1v) is 8.20. The van der Waals surface area contributed by atoms with Crippen molar-refractivity contribution in [3.63, 3.8) is 0 Å². The molecular formula is C17H16FN3O2S. The van der Waals surface area contributed by atoms with Crippen LogP contribution in [0.1, 0.15) is 18.4 Å². The van der Waals surface area contributed by atoms with Gasteiger partial charge in [0, 0.05) is 12.6 Å². The molecule has 2 heterocycles. The third-order valence-corrected chi connectivity index (χ3v) is 4.31. The minimum Gasteiger partial charge on any atom is -0.459 e. The summed E-state index contributed by atoms with van der Waals surface area (Å²) in [5, 5.41) is 4.41. The monoisotopic (exact) mass is 345 g/mol. The summed E-state index contributed by atoms with van der Waals surface area (Å²) in [5.74, 6) is 0.706. The molecule has 0 atom stereocenters. The zero-order valence-electron chi connectivity index (χ0n) is 12.9. The molecule has 24 heavy (non-hydrogen) atoms. The fourth-order valence-electron chi connectivity index (χ4n) is 2.63. The molecule has 3 aromatic rings. The van der Waals surface area contributed by atoms with E-state index in [0.717, 1.165) is 24.9 Å². The molecule has 1 aliphatic carbocycles. The summed E-state index contributed by atoms with van der Waals surface area (Å²) in [6.07, 6.45) is 3.87. The summed E-state index contributed by atoms with van der Waals surface area (Å²) in [7, 11) is 0. The number of halogens is 1. The summed E-state index contributed by atoms with van der Waals surface area (Å²) in [5.41, 5.74) is 1.06. The van der Waals surface area contributed by atoms with Crippen LogP contribution in [0, 0.1) is 10.7 Å². The first-order valence-electron chi connectivity index (χ1n) is 7.79. The van der Waals surface area contributed by atoms with Gasteiger partial charge in [-0.2, -0.15) is 0 Å². The van der Waals surface area contributed by atoms with Crippen LogP contribution in [0.2, 0.25) is 0 Å². The minimum atomic E-state index is -0.224. The van der Waals surface area contributed by atoms with Gasteiger partial charge in [-0.25, -0.2) is 9.07 Å². The predicted molar refractivity (Wildman–Crippen MR) is 88.0 cm³/mol. The van der Waals surface area contributed by atoms with Crippen molar-refractivity contribution in [2.24, 2.45) is 0 Å². The molecule has 0 saturated heterocycles. The van der Waals surface area contributed by atoms with Crippen LogP contribution in [-0.4, -0.2) is 20.7 Å². The fraction of sp³-hybridized carbons (Fsp3) is 0.294. The molecule has 0 bridgehead atoms. The summed E-state index contributed by atoms with van der Waals surface area (Å²) in [6.45, 7) is 1.25. The second-order valence-electron chi connectivity index (χ2n) is 5.90. The third kappa shape index (κ3) is 3.32. The number of benzene rings is 1. The van der Waals surface area contributed by atoms with Crippen LogP contribution in [0.25, 0.3) is 11.7 Å². The Morgan fingerprint density at radius 1 is 1.25 bits per heavy atom. The zero-order chi connectivity index (χ0) is 16.5. The molecule has 0 spiro atoms. The van der Waals surface area contributed by atoms with Crippen molar-refractivity contribution in [2.75, 3.05) is 0 Å². The van der Waals surface area contributed by atoms with Crippen molar-refractivity contribution in [3.05, 3.63) is 58.9 Å². The number of rotatable bonds is 6. The third-order valence-electron chi connectivity index (χ3n) is 4.02. The largest absolute Gasteiger partial charge is 0.459 e. The molecule has 0 N–H and O–H groups in total. The summed E-state index contributed by atoms with van der Waals surface area (Å²) in [6, 6.07) is 10.6. The highest BCUT2D eigenvalue weighted by Crippen LogP contribution is 2.29. The Morgan fingerprint density at radius 2 is 2.04 bits per heavy atom. The van der Waals surface area contributed by atoms with Crippen LogP contribution >= 0.6 is 12.2 Å². The summed E-state index contributed by atoms with van der Waals surface area (Å²) < 4.78 is 25.5. The number of nitrogens with zero attached hydrogens (tertiary/aromatic N) is 3. The lowest BCUT2D eigenvalue weighted by Crippen LogP contribution is -2.28. The van der Waals surface area contributed by atoms with Crippen molar-refractivity contribution in [1.82, 2.24) is 14.7 Å². The average Bonchev–Trinajstić information content (AvgIpc) is 3.15. The van der Waals surface area contributed by atoms with Gasteiger partial charge in [0.2, 0.25) is 0 Å². The highest BCUT2D eigenvalue weighted by atomic mass is 32.1. The summed E-state index contributed by atoms with van der Waals surface area (Å²) in [4.78, 5) is 2.59. The van der Waals surface area contributed by atoms with E-state index in [9.17, 15) is 4.39 Å². The molecule has 1 fully saturated rings. The van der Waals surface area contributed by atoms with E-state index in [0.29, 0.717) is 29.2 Å². The second kappa shape index (κ2) is 6.33. The van der Waals surface area contributed by atoms with E-state index in [1.165, 1.54) is 12.1 Å². The molecule has 7 heteroatoms. The van der Waals surface area contributed by atoms with Crippen molar-refractivity contribution in [3.8, 4) is 11.7 Å². The maximum atomic E-state index is 13.1. The molecule has 1 aromatic carbocycles. The van der Waals surface area contributed by atoms with E-state index in [1.807, 2.05) is 0 Å². The normalized spacial score (nSPS) is 14.4. The highest BCUT2D eigenvalue weighted by molar-refractivity contribution is 7.71. The van der Waals surface area contributed by atoms with Crippen LogP contribution in [0.5, 0.6) is 0 Å². The van der Waals surface area contributed by atoms with Gasteiger partial charge in [0.15, 0.2) is 5.76 Å². The fourth-order valence-corrected chi connectivity index (χ4v) is 2.80. The van der Waals surface area contributed by atoms with E-state index in [4.69, 9.17) is 21.1 Å². The highest BCUT2D eigenvalue weighted by Gasteiger charge is 2.30. The van der Waals surface area contributed by atoms with Gasteiger partial charge in [-0.3, -0.25) is 4.90 Å². The average molecular weight is 345 g/mol. The van der Waals surface area contributed by atoms with Gasteiger partial charge in [0.1, 0.15) is 5.82 Å². The molecule has 0 unspecified atom stereocenters. The van der Waals surface area contributed by atoms with E-state index in [2.05, 4.69) is 10.00 Å². The number of hydrogen-bond donors (Lipinski definition) is 0. The smallest absolute Gasteiger partial charge is 0.288 e. The Hall–Kier alpha value is -2.25. The van der Waals surface area contributed by atoms with E-state index < -0.39 is 0 Å². The van der Waals surface area contributed by atoms with E-state index in [-0.39, 0.29) is 5.82 Å². The Kier molecular flexibility index (Phi) is 4.03. The van der Waals surface area contributed by atoms with Crippen LogP contribution < -0.4 is 0 Å².